The minimum Gasteiger partial charge on any atom is -0.210 e. The summed E-state index contributed by atoms with van der Waals surface area (Å²) in [5.41, 5.74) is 0. The number of rotatable bonds is 2. The van der Waals surface area contributed by atoms with E-state index in [9.17, 15) is 18.0 Å². The maximum atomic E-state index is 9.97. The van der Waals surface area contributed by atoms with Gasteiger partial charge in [0.05, 0.1) is 0 Å². The molecule has 0 heterocycles. The maximum absolute atomic E-state index is 9.97. The normalized spacial score (nSPS) is 8.81. The van der Waals surface area contributed by atoms with Crippen LogP contribution in [0.4, 0.5) is 0 Å². The predicted molar refractivity (Wildman–Crippen MR) is 64.3 cm³/mol. The lowest BCUT2D eigenvalue weighted by Crippen LogP contribution is -1.86. The van der Waals surface area contributed by atoms with Crippen molar-refractivity contribution < 1.29 is 18.0 Å². The van der Waals surface area contributed by atoms with Gasteiger partial charge in [-0.15, -0.1) is 0 Å². The largest absolute Gasteiger partial charge is 0.383 e. The Balaban J connectivity index is 0.000000288. The molecule has 0 bridgehead atoms. The van der Waals surface area contributed by atoms with Gasteiger partial charge in [-0.25, -0.2) is 9.59 Å². The summed E-state index contributed by atoms with van der Waals surface area (Å²) in [6.45, 7) is 0. The van der Waals surface area contributed by atoms with Crippen molar-refractivity contribution in [3.8, 4) is 0 Å². The molecule has 0 radical (unpaired) electrons. The summed E-state index contributed by atoms with van der Waals surface area (Å²) in [6, 6.07) is 10.2. The van der Waals surface area contributed by atoms with E-state index in [1.165, 1.54) is 3.57 Å². The number of isocyanates is 2. The van der Waals surface area contributed by atoms with Crippen molar-refractivity contribution in [3.05, 3.63) is 33.9 Å². The topological polar surface area (TPSA) is 93.0 Å². The summed E-state index contributed by atoms with van der Waals surface area (Å²) in [5.74, 6) is 0. The lowest BCUT2D eigenvalue weighted by molar-refractivity contribution is 0.561. The summed E-state index contributed by atoms with van der Waals surface area (Å²) in [6.07, 6.45) is 1.41. The highest BCUT2D eigenvalue weighted by Crippen LogP contribution is 1.99. The molecule has 1 rings (SSSR count). The fourth-order valence-electron chi connectivity index (χ4n) is 0.529. The Morgan fingerprint density at radius 2 is 1.44 bits per heavy atom. The Bertz CT molecular complexity index is 492. The highest BCUT2D eigenvalue weighted by molar-refractivity contribution is 14.1. The molecule has 1 aromatic rings. The third-order valence-corrected chi connectivity index (χ3v) is 2.37. The average Bonchev–Trinajstić information content (AvgIpc) is 2.19. The third-order valence-electron chi connectivity index (χ3n) is 1.04. The third kappa shape index (κ3) is 8.01. The molecule has 8 heteroatoms. The van der Waals surface area contributed by atoms with Crippen LogP contribution in [0.5, 0.6) is 0 Å². The first-order valence-electron chi connectivity index (χ1n) is 3.65. The Morgan fingerprint density at radius 1 is 1.00 bits per heavy atom. The lowest BCUT2D eigenvalue weighted by atomic mass is 10.4. The fourth-order valence-corrected chi connectivity index (χ4v) is 1.17. The zero-order chi connectivity index (χ0) is 12.4. The van der Waals surface area contributed by atoms with Gasteiger partial charge < -0.3 is 0 Å². The van der Waals surface area contributed by atoms with E-state index in [0.717, 1.165) is 0 Å². The van der Waals surface area contributed by atoms with Gasteiger partial charge in [0.15, 0.2) is 0 Å². The molecule has 0 unspecified atom stereocenters. The Hall–Kier alpha value is -1.34. The van der Waals surface area contributed by atoms with E-state index in [1.807, 2.05) is 18.2 Å². The van der Waals surface area contributed by atoms with Gasteiger partial charge in [0.25, 0.3) is 12.2 Å². The van der Waals surface area contributed by atoms with Crippen LogP contribution in [-0.2, 0) is 19.8 Å². The second-order valence-corrected chi connectivity index (χ2v) is 4.61. The number of hydrogen-bond donors (Lipinski definition) is 0. The highest BCUT2D eigenvalue weighted by atomic mass is 127. The summed E-state index contributed by atoms with van der Waals surface area (Å²) in [5, 5.41) is 0. The quantitative estimate of drug-likeness (QED) is 0.454. The molecule has 0 aliphatic carbocycles. The van der Waals surface area contributed by atoms with Gasteiger partial charge in [0.2, 0.25) is 0 Å². The summed E-state index contributed by atoms with van der Waals surface area (Å²) in [4.78, 5) is 18.5. The van der Waals surface area contributed by atoms with Gasteiger partial charge in [-0.1, -0.05) is 27.0 Å². The van der Waals surface area contributed by atoms with E-state index in [-0.39, 0.29) is 0 Å². The number of halogens is 1. The first-order chi connectivity index (χ1) is 7.52. The van der Waals surface area contributed by atoms with Gasteiger partial charge in [0.1, 0.15) is 0 Å². The van der Waals surface area contributed by atoms with Crippen molar-refractivity contribution in [2.45, 2.75) is 0 Å². The van der Waals surface area contributed by atoms with Crippen molar-refractivity contribution in [1.29, 1.82) is 0 Å². The second-order valence-electron chi connectivity index (χ2n) is 2.11. The van der Waals surface area contributed by atoms with Gasteiger partial charge in [-0.2, -0.15) is 8.42 Å². The lowest BCUT2D eigenvalue weighted by Gasteiger charge is -1.80. The number of benzene rings is 1. The van der Waals surface area contributed by atoms with Crippen molar-refractivity contribution in [2.24, 2.45) is 8.80 Å². The van der Waals surface area contributed by atoms with Gasteiger partial charge in [-0.3, -0.25) is 0 Å². The predicted octanol–water partition coefficient (Wildman–Crippen LogP) is 1.19. The van der Waals surface area contributed by atoms with E-state index in [4.69, 9.17) is 0 Å². The smallest absolute Gasteiger partial charge is 0.210 e. The molecule has 6 nitrogen and oxygen atoms in total. The average molecular weight is 352 g/mol. The molecule has 0 aliphatic rings. The zero-order valence-corrected chi connectivity index (χ0v) is 10.7. The monoisotopic (exact) mass is 352 g/mol. The van der Waals surface area contributed by atoms with E-state index in [0.29, 0.717) is 12.2 Å². The molecule has 1 aromatic carbocycles. The van der Waals surface area contributed by atoms with Crippen LogP contribution in [0.15, 0.2) is 39.1 Å². The number of nitrogens with zero attached hydrogens (tertiary/aromatic N) is 2. The maximum Gasteiger partial charge on any atom is 0.383 e. The SMILES string of the molecule is Ic1ccccc1.O=C=NS(=O)(=O)N=C=O. The molecule has 84 valence electrons. The molecule has 0 amide bonds. The Kier molecular flexibility index (Phi) is 7.23. The molecule has 0 atom stereocenters. The molecule has 0 N–H and O–H groups in total. The first kappa shape index (κ1) is 14.7. The van der Waals surface area contributed by atoms with E-state index >= 15 is 0 Å². The molecule has 0 fully saturated rings. The van der Waals surface area contributed by atoms with Crippen molar-refractivity contribution in [3.63, 3.8) is 0 Å². The number of hydrogen-bond acceptors (Lipinski definition) is 4. The second kappa shape index (κ2) is 7.89. The van der Waals surface area contributed by atoms with Gasteiger partial charge in [0, 0.05) is 3.57 Å². The molecule has 0 saturated carbocycles. The molecular formula is C8H5IN2O4S. The molecule has 0 spiro atoms. The number of carbonyl (C=O) groups excluding carboxylic acids is 2. The van der Waals surface area contributed by atoms with E-state index in [2.05, 4.69) is 43.5 Å². The standard InChI is InChI=1S/C6H5I.C2N2O4S/c7-6-4-2-1-3-5-6;5-1-3-9(7,8)4-2-6/h1-5H;. The Morgan fingerprint density at radius 3 is 1.69 bits per heavy atom. The van der Waals surface area contributed by atoms with Crippen LogP contribution in [0.25, 0.3) is 0 Å². The van der Waals surface area contributed by atoms with Crippen LogP contribution in [0.3, 0.4) is 0 Å². The molecule has 0 aliphatic heterocycles. The van der Waals surface area contributed by atoms with Crippen LogP contribution < -0.4 is 0 Å². The van der Waals surface area contributed by atoms with Crippen LogP contribution in [-0.4, -0.2) is 20.6 Å². The summed E-state index contributed by atoms with van der Waals surface area (Å²) < 4.78 is 25.6. The van der Waals surface area contributed by atoms with E-state index < -0.39 is 10.2 Å². The minimum atomic E-state index is -4.28. The van der Waals surface area contributed by atoms with Gasteiger partial charge in [-0.05, 0) is 34.7 Å². The molecule has 0 aromatic heterocycles. The highest BCUT2D eigenvalue weighted by Gasteiger charge is 2.00. The molecular weight excluding hydrogens is 347 g/mol. The van der Waals surface area contributed by atoms with Crippen molar-refractivity contribution in [2.75, 3.05) is 0 Å². The molecule has 16 heavy (non-hydrogen) atoms. The van der Waals surface area contributed by atoms with Crippen molar-refractivity contribution in [1.82, 2.24) is 0 Å². The van der Waals surface area contributed by atoms with Crippen LogP contribution in [0, 0.1) is 3.57 Å². The van der Waals surface area contributed by atoms with Crippen molar-refractivity contribution >= 4 is 45.0 Å². The van der Waals surface area contributed by atoms with Crippen LogP contribution in [0.1, 0.15) is 0 Å². The zero-order valence-electron chi connectivity index (χ0n) is 7.70. The van der Waals surface area contributed by atoms with Crippen LogP contribution in [0.2, 0.25) is 0 Å². The van der Waals surface area contributed by atoms with E-state index in [1.54, 1.807) is 0 Å². The summed E-state index contributed by atoms with van der Waals surface area (Å²) in [7, 11) is -4.28. The van der Waals surface area contributed by atoms with Crippen LogP contribution >= 0.6 is 22.6 Å². The Labute approximate surface area is 105 Å². The minimum absolute atomic E-state index is 0.707. The molecule has 0 saturated heterocycles. The summed E-state index contributed by atoms with van der Waals surface area (Å²) >= 11 is 2.28. The fraction of sp³-hybridized carbons (Fsp3) is 0. The first-order valence-corrected chi connectivity index (χ1v) is 6.13. The van der Waals surface area contributed by atoms with Gasteiger partial charge >= 0.3 is 10.2 Å².